The van der Waals surface area contributed by atoms with Gasteiger partial charge in [0.25, 0.3) is 11.1 Å². The lowest BCUT2D eigenvalue weighted by Crippen LogP contribution is -2.24. The van der Waals surface area contributed by atoms with Gasteiger partial charge >= 0.3 is 0 Å². The SMILES string of the molecule is O=C(CSc1nnc(-c2ccccc2F)o1)NCc1ccco1. The molecule has 0 bridgehead atoms. The number of carbonyl (C=O) groups is 1. The topological polar surface area (TPSA) is 81.2 Å². The van der Waals surface area contributed by atoms with Crippen molar-refractivity contribution < 1.29 is 18.0 Å². The molecule has 0 atom stereocenters. The van der Waals surface area contributed by atoms with E-state index in [0.29, 0.717) is 12.3 Å². The minimum atomic E-state index is -0.441. The molecule has 3 aromatic rings. The Balaban J connectivity index is 1.53. The molecule has 1 amide bonds. The zero-order chi connectivity index (χ0) is 16.1. The number of rotatable bonds is 6. The van der Waals surface area contributed by atoms with Crippen LogP contribution in [0.25, 0.3) is 11.5 Å². The number of nitrogens with zero attached hydrogens (tertiary/aromatic N) is 2. The minimum absolute atomic E-state index is 0.0848. The second kappa shape index (κ2) is 7.10. The highest BCUT2D eigenvalue weighted by molar-refractivity contribution is 7.99. The van der Waals surface area contributed by atoms with E-state index in [1.165, 1.54) is 6.07 Å². The van der Waals surface area contributed by atoms with Gasteiger partial charge in [-0.15, -0.1) is 10.2 Å². The van der Waals surface area contributed by atoms with Crippen LogP contribution in [0.4, 0.5) is 4.39 Å². The summed E-state index contributed by atoms with van der Waals surface area (Å²) in [6.07, 6.45) is 1.54. The molecule has 8 heteroatoms. The summed E-state index contributed by atoms with van der Waals surface area (Å²) in [6, 6.07) is 9.64. The number of amides is 1. The molecule has 3 rings (SSSR count). The largest absolute Gasteiger partial charge is 0.467 e. The van der Waals surface area contributed by atoms with Gasteiger partial charge in [0.1, 0.15) is 11.6 Å². The van der Waals surface area contributed by atoms with Gasteiger partial charge in [0.15, 0.2) is 0 Å². The van der Waals surface area contributed by atoms with Crippen LogP contribution >= 0.6 is 11.8 Å². The van der Waals surface area contributed by atoms with E-state index in [2.05, 4.69) is 15.5 Å². The summed E-state index contributed by atoms with van der Waals surface area (Å²) in [4.78, 5) is 11.7. The van der Waals surface area contributed by atoms with Crippen molar-refractivity contribution in [1.82, 2.24) is 15.5 Å². The minimum Gasteiger partial charge on any atom is -0.467 e. The highest BCUT2D eigenvalue weighted by Gasteiger charge is 2.14. The van der Waals surface area contributed by atoms with Gasteiger partial charge in [-0.05, 0) is 24.3 Å². The van der Waals surface area contributed by atoms with Gasteiger partial charge in [-0.1, -0.05) is 23.9 Å². The average Bonchev–Trinajstić information content (AvgIpc) is 3.23. The highest BCUT2D eigenvalue weighted by Crippen LogP contribution is 2.24. The Morgan fingerprint density at radius 1 is 1.22 bits per heavy atom. The summed E-state index contributed by atoms with van der Waals surface area (Å²) in [5, 5.41) is 10.5. The Hall–Kier alpha value is -2.61. The second-order valence-corrected chi connectivity index (χ2v) is 5.42. The maximum Gasteiger partial charge on any atom is 0.277 e. The van der Waals surface area contributed by atoms with Crippen LogP contribution in [0.5, 0.6) is 0 Å². The average molecular weight is 333 g/mol. The van der Waals surface area contributed by atoms with Gasteiger partial charge in [-0.25, -0.2) is 4.39 Å². The molecule has 23 heavy (non-hydrogen) atoms. The summed E-state index contributed by atoms with van der Waals surface area (Å²) in [7, 11) is 0. The Labute approximate surface area is 135 Å². The molecule has 0 fully saturated rings. The van der Waals surface area contributed by atoms with Crippen LogP contribution in [-0.2, 0) is 11.3 Å². The molecular formula is C15H12FN3O3S. The first kappa shape index (κ1) is 15.3. The van der Waals surface area contributed by atoms with Gasteiger partial charge < -0.3 is 14.2 Å². The predicted octanol–water partition coefficient (Wildman–Crippen LogP) is 2.88. The Morgan fingerprint density at radius 3 is 2.87 bits per heavy atom. The summed E-state index contributed by atoms with van der Waals surface area (Å²) in [5.74, 6) is 0.227. The van der Waals surface area contributed by atoms with Crippen molar-refractivity contribution in [3.8, 4) is 11.5 Å². The van der Waals surface area contributed by atoms with Gasteiger partial charge in [-0.2, -0.15) is 0 Å². The monoisotopic (exact) mass is 333 g/mol. The van der Waals surface area contributed by atoms with Crippen LogP contribution in [0.1, 0.15) is 5.76 Å². The number of benzene rings is 1. The first-order valence-electron chi connectivity index (χ1n) is 6.72. The lowest BCUT2D eigenvalue weighted by molar-refractivity contribution is -0.118. The van der Waals surface area contributed by atoms with E-state index >= 15 is 0 Å². The van der Waals surface area contributed by atoms with Crippen LogP contribution in [-0.4, -0.2) is 21.9 Å². The predicted molar refractivity (Wildman–Crippen MR) is 81.0 cm³/mol. The summed E-state index contributed by atoms with van der Waals surface area (Å²) in [5.41, 5.74) is 0.231. The first-order chi connectivity index (χ1) is 11.2. The molecule has 2 heterocycles. The smallest absolute Gasteiger partial charge is 0.277 e. The number of hydrogen-bond donors (Lipinski definition) is 1. The van der Waals surface area contributed by atoms with Crippen molar-refractivity contribution in [3.05, 3.63) is 54.2 Å². The van der Waals surface area contributed by atoms with Gasteiger partial charge in [0.2, 0.25) is 5.91 Å². The van der Waals surface area contributed by atoms with Crippen LogP contribution in [0, 0.1) is 5.82 Å². The lowest BCUT2D eigenvalue weighted by Gasteiger charge is -2.01. The molecule has 0 aliphatic carbocycles. The fraction of sp³-hybridized carbons (Fsp3) is 0.133. The molecule has 0 unspecified atom stereocenters. The highest BCUT2D eigenvalue weighted by atomic mass is 32.2. The fourth-order valence-corrected chi connectivity index (χ4v) is 2.38. The van der Waals surface area contributed by atoms with E-state index in [1.807, 2.05) is 0 Å². The first-order valence-corrected chi connectivity index (χ1v) is 7.71. The normalized spacial score (nSPS) is 10.7. The van der Waals surface area contributed by atoms with E-state index in [1.54, 1.807) is 36.6 Å². The van der Waals surface area contributed by atoms with Crippen molar-refractivity contribution in [2.75, 3.05) is 5.75 Å². The summed E-state index contributed by atoms with van der Waals surface area (Å²) >= 11 is 1.08. The molecule has 1 aromatic carbocycles. The number of halogens is 1. The van der Waals surface area contributed by atoms with E-state index in [4.69, 9.17) is 8.83 Å². The van der Waals surface area contributed by atoms with E-state index in [-0.39, 0.29) is 28.3 Å². The van der Waals surface area contributed by atoms with Gasteiger partial charge in [0.05, 0.1) is 24.1 Å². The van der Waals surface area contributed by atoms with E-state index in [9.17, 15) is 9.18 Å². The third-order valence-electron chi connectivity index (χ3n) is 2.88. The molecule has 6 nitrogen and oxygen atoms in total. The lowest BCUT2D eigenvalue weighted by atomic mass is 10.2. The second-order valence-electron chi connectivity index (χ2n) is 4.50. The van der Waals surface area contributed by atoms with Crippen molar-refractivity contribution in [1.29, 1.82) is 0 Å². The van der Waals surface area contributed by atoms with Crippen molar-refractivity contribution in [2.45, 2.75) is 11.8 Å². The molecule has 0 saturated heterocycles. The van der Waals surface area contributed by atoms with Crippen LogP contribution < -0.4 is 5.32 Å². The van der Waals surface area contributed by atoms with Crippen LogP contribution in [0.2, 0.25) is 0 Å². The zero-order valence-corrected chi connectivity index (χ0v) is 12.7. The molecule has 118 valence electrons. The third-order valence-corrected chi connectivity index (χ3v) is 3.70. The van der Waals surface area contributed by atoms with Gasteiger partial charge in [0, 0.05) is 0 Å². The van der Waals surface area contributed by atoms with Gasteiger partial charge in [-0.3, -0.25) is 4.79 Å². The maximum absolute atomic E-state index is 13.6. The number of nitrogens with one attached hydrogen (secondary N) is 1. The molecule has 0 radical (unpaired) electrons. The fourth-order valence-electron chi connectivity index (χ4n) is 1.79. The summed E-state index contributed by atoms with van der Waals surface area (Å²) < 4.78 is 24.1. The third kappa shape index (κ3) is 3.98. The van der Waals surface area contributed by atoms with E-state index < -0.39 is 5.82 Å². The summed E-state index contributed by atoms with van der Waals surface area (Å²) in [6.45, 7) is 0.316. The van der Waals surface area contributed by atoms with Crippen LogP contribution in [0.3, 0.4) is 0 Å². The maximum atomic E-state index is 13.6. The number of carbonyl (C=O) groups excluding carboxylic acids is 1. The van der Waals surface area contributed by atoms with Crippen molar-refractivity contribution in [2.24, 2.45) is 0 Å². The molecule has 0 saturated carbocycles. The Morgan fingerprint density at radius 2 is 2.09 bits per heavy atom. The quantitative estimate of drug-likeness (QED) is 0.699. The molecule has 0 aliphatic rings. The molecule has 1 N–H and O–H groups in total. The molecule has 2 aromatic heterocycles. The Bertz CT molecular complexity index is 789. The van der Waals surface area contributed by atoms with Crippen molar-refractivity contribution in [3.63, 3.8) is 0 Å². The standard InChI is InChI=1S/C15H12FN3O3S/c16-12-6-2-1-5-11(12)14-18-19-15(22-14)23-9-13(20)17-8-10-4-3-7-21-10/h1-7H,8-9H2,(H,17,20). The van der Waals surface area contributed by atoms with Crippen LogP contribution in [0.15, 0.2) is 56.7 Å². The van der Waals surface area contributed by atoms with Crippen molar-refractivity contribution >= 4 is 17.7 Å². The Kier molecular flexibility index (Phi) is 4.72. The van der Waals surface area contributed by atoms with E-state index in [0.717, 1.165) is 11.8 Å². The molecule has 0 aliphatic heterocycles. The molecule has 0 spiro atoms. The number of furan rings is 1. The zero-order valence-electron chi connectivity index (χ0n) is 11.9. The number of aromatic nitrogens is 2. The number of thioether (sulfide) groups is 1. The molecular weight excluding hydrogens is 321 g/mol. The number of hydrogen-bond acceptors (Lipinski definition) is 6.